The van der Waals surface area contributed by atoms with Crippen LogP contribution in [0.3, 0.4) is 0 Å². The molecule has 190 valence electrons. The fourth-order valence-electron chi connectivity index (χ4n) is 3.78. The van der Waals surface area contributed by atoms with Crippen molar-refractivity contribution in [2.75, 3.05) is 20.2 Å². The molecule has 0 aliphatic carbocycles. The van der Waals surface area contributed by atoms with E-state index in [4.69, 9.17) is 15.2 Å². The molecule has 4 rings (SSSR count). The monoisotopic (exact) mass is 521 g/mol. The summed E-state index contributed by atoms with van der Waals surface area (Å²) in [6.07, 6.45) is -2.15. The molecule has 0 bridgehead atoms. The predicted molar refractivity (Wildman–Crippen MR) is 128 cm³/mol. The number of β-amino-alcohol motifs (C(OH)–C–C–N with tert-alkyl or cyclic N) is 1. The SMILES string of the molecule is COc1cc(/C=C2\SC(N3CCCC(O)C3)=NC2=O)ccc1Oc1ccc(C(N)=O)cc1C(F)(F)F. The number of amides is 2. The molecule has 8 nitrogen and oxygen atoms in total. The maximum atomic E-state index is 13.6. The lowest BCUT2D eigenvalue weighted by atomic mass is 10.1. The fraction of sp³-hybridized carbons (Fsp3) is 0.292. The molecule has 2 amide bonds. The molecule has 2 aliphatic rings. The van der Waals surface area contributed by atoms with Crippen LogP contribution < -0.4 is 15.2 Å². The van der Waals surface area contributed by atoms with Crippen LogP contribution in [-0.2, 0) is 11.0 Å². The number of carbonyl (C=O) groups excluding carboxylic acids is 2. The summed E-state index contributed by atoms with van der Waals surface area (Å²) in [4.78, 5) is 30.1. The topological polar surface area (TPSA) is 114 Å². The van der Waals surface area contributed by atoms with E-state index in [0.29, 0.717) is 41.2 Å². The van der Waals surface area contributed by atoms with Crippen molar-refractivity contribution in [3.05, 3.63) is 58.0 Å². The molecular weight excluding hydrogens is 499 g/mol. The van der Waals surface area contributed by atoms with Gasteiger partial charge in [-0.3, -0.25) is 9.59 Å². The van der Waals surface area contributed by atoms with E-state index in [1.807, 2.05) is 4.90 Å². The number of nitrogens with two attached hydrogens (primary N) is 1. The zero-order valence-electron chi connectivity index (χ0n) is 19.0. The van der Waals surface area contributed by atoms with E-state index in [2.05, 4.69) is 4.99 Å². The predicted octanol–water partition coefficient (Wildman–Crippen LogP) is 4.03. The Morgan fingerprint density at radius 1 is 1.22 bits per heavy atom. The number of aliphatic hydroxyl groups is 1. The summed E-state index contributed by atoms with van der Waals surface area (Å²) in [7, 11) is 1.33. The number of benzene rings is 2. The van der Waals surface area contributed by atoms with Crippen molar-refractivity contribution in [2.24, 2.45) is 10.7 Å². The van der Waals surface area contributed by atoms with Crippen molar-refractivity contribution in [3.63, 3.8) is 0 Å². The van der Waals surface area contributed by atoms with Crippen LogP contribution in [0.1, 0.15) is 34.3 Å². The van der Waals surface area contributed by atoms with Crippen molar-refractivity contribution in [3.8, 4) is 17.2 Å². The number of carbonyl (C=O) groups is 2. The second-order valence-corrected chi connectivity index (χ2v) is 9.15. The van der Waals surface area contributed by atoms with Crippen molar-refractivity contribution in [1.82, 2.24) is 4.90 Å². The number of likely N-dealkylation sites (tertiary alicyclic amines) is 1. The lowest BCUT2D eigenvalue weighted by molar-refractivity contribution is -0.138. The standard InChI is InChI=1S/C24H22F3N3O5S/c1-34-19-9-13(10-20-22(33)29-23(36-20)30-8-2-3-15(31)12-30)4-6-18(19)35-17-7-5-14(21(28)32)11-16(17)24(25,26)27/h4-7,9-11,15,31H,2-3,8,12H2,1H3,(H2,28,32)/b20-10-. The van der Waals surface area contributed by atoms with Gasteiger partial charge in [-0.25, -0.2) is 0 Å². The molecule has 0 aromatic heterocycles. The third-order valence-electron chi connectivity index (χ3n) is 5.55. The molecule has 1 saturated heterocycles. The minimum atomic E-state index is -4.79. The quantitative estimate of drug-likeness (QED) is 0.571. The summed E-state index contributed by atoms with van der Waals surface area (Å²) in [5.41, 5.74) is 4.19. The zero-order valence-corrected chi connectivity index (χ0v) is 19.9. The first-order valence-corrected chi connectivity index (χ1v) is 11.7. The molecule has 0 radical (unpaired) electrons. The number of hydrogen-bond donors (Lipinski definition) is 2. The lowest BCUT2D eigenvalue weighted by Gasteiger charge is -2.30. The molecule has 0 saturated carbocycles. The van der Waals surface area contributed by atoms with Crippen LogP contribution in [0.4, 0.5) is 13.2 Å². The smallest absolute Gasteiger partial charge is 0.420 e. The number of halogens is 3. The number of aliphatic hydroxyl groups excluding tert-OH is 1. The highest BCUT2D eigenvalue weighted by atomic mass is 32.2. The van der Waals surface area contributed by atoms with Crippen LogP contribution in [0.5, 0.6) is 17.2 Å². The van der Waals surface area contributed by atoms with Gasteiger partial charge in [-0.15, -0.1) is 0 Å². The average molecular weight is 522 g/mol. The normalized spacial score (nSPS) is 19.4. The molecule has 2 aromatic rings. The van der Waals surface area contributed by atoms with Gasteiger partial charge in [0, 0.05) is 18.7 Å². The van der Waals surface area contributed by atoms with Gasteiger partial charge in [0.25, 0.3) is 5.91 Å². The van der Waals surface area contributed by atoms with Crippen LogP contribution >= 0.6 is 11.8 Å². The number of primary amides is 1. The largest absolute Gasteiger partial charge is 0.493 e. The van der Waals surface area contributed by atoms with Crippen LogP contribution in [0.15, 0.2) is 46.3 Å². The van der Waals surface area contributed by atoms with Gasteiger partial charge in [0.15, 0.2) is 16.7 Å². The molecule has 2 heterocycles. The van der Waals surface area contributed by atoms with Crippen LogP contribution in [0.2, 0.25) is 0 Å². The van der Waals surface area contributed by atoms with E-state index >= 15 is 0 Å². The minimum absolute atomic E-state index is 0.00150. The molecule has 1 fully saturated rings. The first-order valence-electron chi connectivity index (χ1n) is 10.9. The molecule has 1 unspecified atom stereocenters. The Balaban J connectivity index is 1.56. The van der Waals surface area contributed by atoms with E-state index in [-0.39, 0.29) is 17.1 Å². The Kier molecular flexibility index (Phi) is 7.27. The Morgan fingerprint density at radius 3 is 2.64 bits per heavy atom. The summed E-state index contributed by atoms with van der Waals surface area (Å²) < 4.78 is 51.5. The number of rotatable bonds is 5. The maximum Gasteiger partial charge on any atom is 0.420 e. The first kappa shape index (κ1) is 25.6. The van der Waals surface area contributed by atoms with Crippen molar-refractivity contribution in [2.45, 2.75) is 25.1 Å². The number of aliphatic imine (C=N–C) groups is 1. The molecule has 0 spiro atoms. The molecule has 2 aromatic carbocycles. The van der Waals surface area contributed by atoms with Gasteiger partial charge in [0.2, 0.25) is 5.91 Å². The second-order valence-electron chi connectivity index (χ2n) is 8.14. The molecule has 12 heteroatoms. The van der Waals surface area contributed by atoms with Crippen molar-refractivity contribution < 1.29 is 37.3 Å². The number of piperidine rings is 1. The van der Waals surface area contributed by atoms with E-state index in [9.17, 15) is 27.9 Å². The number of ether oxygens (including phenoxy) is 2. The number of nitrogens with zero attached hydrogens (tertiary/aromatic N) is 2. The van der Waals surface area contributed by atoms with E-state index in [0.717, 1.165) is 18.6 Å². The average Bonchev–Trinajstić information content (AvgIpc) is 3.19. The number of methoxy groups -OCH3 is 1. The highest BCUT2D eigenvalue weighted by Gasteiger charge is 2.35. The summed E-state index contributed by atoms with van der Waals surface area (Å²) in [6, 6.07) is 7.28. The summed E-state index contributed by atoms with van der Waals surface area (Å²) in [5, 5.41) is 10.4. The lowest BCUT2D eigenvalue weighted by Crippen LogP contribution is -2.40. The van der Waals surface area contributed by atoms with Gasteiger partial charge in [-0.05, 0) is 66.6 Å². The third kappa shape index (κ3) is 5.65. The van der Waals surface area contributed by atoms with Crippen LogP contribution in [0, 0.1) is 0 Å². The number of amidine groups is 1. The zero-order chi connectivity index (χ0) is 26.0. The second kappa shape index (κ2) is 10.2. The highest BCUT2D eigenvalue weighted by molar-refractivity contribution is 8.18. The molecule has 36 heavy (non-hydrogen) atoms. The van der Waals surface area contributed by atoms with Crippen LogP contribution in [-0.4, -0.2) is 53.3 Å². The number of alkyl halides is 3. The van der Waals surface area contributed by atoms with Gasteiger partial charge in [-0.1, -0.05) is 6.07 Å². The molecular formula is C24H22F3N3O5S. The highest BCUT2D eigenvalue weighted by Crippen LogP contribution is 2.41. The van der Waals surface area contributed by atoms with Gasteiger partial charge in [0.1, 0.15) is 5.75 Å². The molecule has 2 aliphatic heterocycles. The molecule has 1 atom stereocenters. The Morgan fingerprint density at radius 2 is 1.97 bits per heavy atom. The van der Waals surface area contributed by atoms with Crippen LogP contribution in [0.25, 0.3) is 6.08 Å². The maximum absolute atomic E-state index is 13.6. The Bertz CT molecular complexity index is 1260. The molecule has 3 N–H and O–H groups in total. The number of thioether (sulfide) groups is 1. The van der Waals surface area contributed by atoms with Gasteiger partial charge >= 0.3 is 6.18 Å². The summed E-state index contributed by atoms with van der Waals surface area (Å²) >= 11 is 1.19. The summed E-state index contributed by atoms with van der Waals surface area (Å²) in [6.45, 7) is 1.11. The fourth-order valence-corrected chi connectivity index (χ4v) is 4.73. The first-order chi connectivity index (χ1) is 17.0. The van der Waals surface area contributed by atoms with Gasteiger partial charge in [0.05, 0.1) is 23.7 Å². The number of hydrogen-bond acceptors (Lipinski definition) is 7. The van der Waals surface area contributed by atoms with E-state index in [1.54, 1.807) is 12.1 Å². The van der Waals surface area contributed by atoms with E-state index < -0.39 is 35.4 Å². The van der Waals surface area contributed by atoms with Gasteiger partial charge in [-0.2, -0.15) is 18.2 Å². The van der Waals surface area contributed by atoms with Crippen molar-refractivity contribution >= 4 is 34.8 Å². The summed E-state index contributed by atoms with van der Waals surface area (Å²) in [5.74, 6) is -1.81. The van der Waals surface area contributed by atoms with Crippen molar-refractivity contribution in [1.29, 1.82) is 0 Å². The van der Waals surface area contributed by atoms with Gasteiger partial charge < -0.3 is 25.2 Å². The van der Waals surface area contributed by atoms with E-state index in [1.165, 1.54) is 31.0 Å². The Hall–Kier alpha value is -3.51. The third-order valence-corrected chi connectivity index (χ3v) is 6.60. The minimum Gasteiger partial charge on any atom is -0.493 e. The Labute approximate surface area is 208 Å².